The molecule has 0 saturated carbocycles. The van der Waals surface area contributed by atoms with Crippen molar-refractivity contribution in [3.63, 3.8) is 0 Å². The number of thiophene rings is 1. The van der Waals surface area contributed by atoms with Gasteiger partial charge in [0.25, 0.3) is 5.91 Å². The van der Waals surface area contributed by atoms with Crippen LogP contribution < -0.4 is 5.32 Å². The minimum absolute atomic E-state index is 0.0150. The Morgan fingerprint density at radius 1 is 1.12 bits per heavy atom. The zero-order valence-corrected chi connectivity index (χ0v) is 15.1. The van der Waals surface area contributed by atoms with Crippen molar-refractivity contribution in [2.75, 3.05) is 0 Å². The molecule has 5 heteroatoms. The highest BCUT2D eigenvalue weighted by Crippen LogP contribution is 2.46. The Hall–Kier alpha value is -1.75. The maximum Gasteiger partial charge on any atom is 0.261 e. The summed E-state index contributed by atoms with van der Waals surface area (Å²) in [5.41, 5.74) is 3.50. The van der Waals surface area contributed by atoms with Gasteiger partial charge in [0, 0.05) is 32.7 Å². The Kier molecular flexibility index (Phi) is 4.35. The summed E-state index contributed by atoms with van der Waals surface area (Å²) in [6.07, 6.45) is 0. The average molecular weight is 372 g/mol. The molecule has 1 aliphatic rings. The highest BCUT2D eigenvalue weighted by atomic mass is 35.5. The van der Waals surface area contributed by atoms with Gasteiger partial charge in [0.2, 0.25) is 0 Å². The molecule has 120 valence electrons. The number of carbonyl (C=O) groups is 1. The fourth-order valence-electron chi connectivity index (χ4n) is 2.70. The first-order chi connectivity index (χ1) is 11.7. The first-order valence-electron chi connectivity index (χ1n) is 7.58. The SMILES string of the molecule is O=C(NCc1ccccc1)c1cc2c(s1)-c1ccc(Cl)cc1SC2. The van der Waals surface area contributed by atoms with Crippen molar-refractivity contribution in [1.82, 2.24) is 5.32 Å². The molecular weight excluding hydrogens is 358 g/mol. The van der Waals surface area contributed by atoms with E-state index in [2.05, 4.69) is 5.32 Å². The summed E-state index contributed by atoms with van der Waals surface area (Å²) in [6, 6.07) is 17.9. The number of hydrogen-bond acceptors (Lipinski definition) is 3. The third kappa shape index (κ3) is 3.09. The zero-order valence-electron chi connectivity index (χ0n) is 12.7. The number of benzene rings is 2. The van der Waals surface area contributed by atoms with Crippen LogP contribution >= 0.6 is 34.7 Å². The lowest BCUT2D eigenvalue weighted by atomic mass is 10.1. The van der Waals surface area contributed by atoms with Crippen molar-refractivity contribution in [2.45, 2.75) is 17.2 Å². The third-order valence-corrected chi connectivity index (χ3v) is 6.45. The van der Waals surface area contributed by atoms with Gasteiger partial charge in [0.15, 0.2) is 0 Å². The van der Waals surface area contributed by atoms with Crippen LogP contribution in [0.25, 0.3) is 10.4 Å². The molecule has 0 spiro atoms. The highest BCUT2D eigenvalue weighted by Gasteiger charge is 2.22. The minimum Gasteiger partial charge on any atom is -0.347 e. The van der Waals surface area contributed by atoms with E-state index in [0.29, 0.717) is 6.54 Å². The van der Waals surface area contributed by atoms with E-state index >= 15 is 0 Å². The second-order valence-electron chi connectivity index (χ2n) is 5.56. The van der Waals surface area contributed by atoms with Gasteiger partial charge >= 0.3 is 0 Å². The molecule has 0 unspecified atom stereocenters. The van der Waals surface area contributed by atoms with E-state index in [1.165, 1.54) is 20.9 Å². The molecule has 2 nitrogen and oxygen atoms in total. The van der Waals surface area contributed by atoms with E-state index in [-0.39, 0.29) is 5.91 Å². The molecule has 2 aromatic carbocycles. The lowest BCUT2D eigenvalue weighted by Crippen LogP contribution is -2.21. The van der Waals surface area contributed by atoms with Gasteiger partial charge in [0.1, 0.15) is 0 Å². The maximum atomic E-state index is 12.5. The second-order valence-corrected chi connectivity index (χ2v) is 8.07. The Balaban J connectivity index is 1.56. The van der Waals surface area contributed by atoms with Gasteiger partial charge in [-0.25, -0.2) is 0 Å². The predicted molar refractivity (Wildman–Crippen MR) is 102 cm³/mol. The fourth-order valence-corrected chi connectivity index (χ4v) is 5.30. The molecule has 0 radical (unpaired) electrons. The summed E-state index contributed by atoms with van der Waals surface area (Å²) in [5.74, 6) is 0.865. The number of rotatable bonds is 3. The van der Waals surface area contributed by atoms with Gasteiger partial charge in [-0.15, -0.1) is 23.1 Å². The van der Waals surface area contributed by atoms with Crippen LogP contribution in [0.2, 0.25) is 5.02 Å². The Bertz CT molecular complexity index is 905. The van der Waals surface area contributed by atoms with Gasteiger partial charge in [-0.2, -0.15) is 0 Å². The van der Waals surface area contributed by atoms with Gasteiger partial charge in [-0.05, 0) is 29.3 Å². The van der Waals surface area contributed by atoms with Crippen molar-refractivity contribution < 1.29 is 4.79 Å². The molecule has 3 aromatic rings. The molecule has 0 aliphatic carbocycles. The predicted octanol–water partition coefficient (Wildman–Crippen LogP) is 5.60. The smallest absolute Gasteiger partial charge is 0.261 e. The number of amides is 1. The van der Waals surface area contributed by atoms with Crippen LogP contribution in [0.1, 0.15) is 20.8 Å². The van der Waals surface area contributed by atoms with Gasteiger partial charge in [0.05, 0.1) is 4.88 Å². The first-order valence-corrected chi connectivity index (χ1v) is 9.76. The molecule has 1 amide bonds. The zero-order chi connectivity index (χ0) is 16.5. The van der Waals surface area contributed by atoms with Gasteiger partial charge in [-0.3, -0.25) is 4.79 Å². The van der Waals surface area contributed by atoms with Crippen LogP contribution in [-0.4, -0.2) is 5.91 Å². The number of thioether (sulfide) groups is 1. The van der Waals surface area contributed by atoms with Crippen LogP contribution in [0.4, 0.5) is 0 Å². The quantitative estimate of drug-likeness (QED) is 0.648. The lowest BCUT2D eigenvalue weighted by Gasteiger charge is -2.15. The van der Waals surface area contributed by atoms with E-state index in [0.717, 1.165) is 21.2 Å². The highest BCUT2D eigenvalue weighted by molar-refractivity contribution is 7.98. The van der Waals surface area contributed by atoms with Crippen LogP contribution in [-0.2, 0) is 12.3 Å². The molecule has 0 fully saturated rings. The lowest BCUT2D eigenvalue weighted by molar-refractivity contribution is 0.0955. The van der Waals surface area contributed by atoms with E-state index in [4.69, 9.17) is 11.6 Å². The third-order valence-electron chi connectivity index (χ3n) is 3.90. The van der Waals surface area contributed by atoms with Crippen LogP contribution in [0.3, 0.4) is 0 Å². The molecule has 1 aliphatic heterocycles. The number of halogens is 1. The second kappa shape index (κ2) is 6.63. The summed E-state index contributed by atoms with van der Waals surface area (Å²) in [6.45, 7) is 0.545. The van der Waals surface area contributed by atoms with Crippen molar-refractivity contribution in [3.05, 3.63) is 75.6 Å². The van der Waals surface area contributed by atoms with Gasteiger partial charge in [-0.1, -0.05) is 48.0 Å². The normalized spacial score (nSPS) is 12.4. The summed E-state index contributed by atoms with van der Waals surface area (Å²) >= 11 is 9.41. The monoisotopic (exact) mass is 371 g/mol. The van der Waals surface area contributed by atoms with E-state index in [9.17, 15) is 4.79 Å². The summed E-state index contributed by atoms with van der Waals surface area (Å²) in [7, 11) is 0. The van der Waals surface area contributed by atoms with E-state index in [1.807, 2.05) is 54.6 Å². The van der Waals surface area contributed by atoms with Crippen LogP contribution in [0, 0.1) is 0 Å². The number of carbonyl (C=O) groups excluding carboxylic acids is 1. The summed E-state index contributed by atoms with van der Waals surface area (Å²) in [4.78, 5) is 15.6. The Morgan fingerprint density at radius 3 is 2.79 bits per heavy atom. The Morgan fingerprint density at radius 2 is 1.96 bits per heavy atom. The summed E-state index contributed by atoms with van der Waals surface area (Å²) < 4.78 is 0. The fraction of sp³-hybridized carbons (Fsp3) is 0.105. The van der Waals surface area contributed by atoms with E-state index in [1.54, 1.807) is 23.1 Å². The van der Waals surface area contributed by atoms with Crippen molar-refractivity contribution in [2.24, 2.45) is 0 Å². The van der Waals surface area contributed by atoms with Crippen molar-refractivity contribution in [1.29, 1.82) is 0 Å². The van der Waals surface area contributed by atoms with Crippen LogP contribution in [0.5, 0.6) is 0 Å². The molecule has 24 heavy (non-hydrogen) atoms. The molecule has 2 heterocycles. The topological polar surface area (TPSA) is 29.1 Å². The standard InChI is InChI=1S/C19H14ClNOS2/c20-14-6-7-15-16(9-14)23-11-13-8-17(24-18(13)15)19(22)21-10-12-4-2-1-3-5-12/h1-9H,10-11H2,(H,21,22). The van der Waals surface area contributed by atoms with Gasteiger partial charge < -0.3 is 5.32 Å². The Labute approximate surface area is 153 Å². The maximum absolute atomic E-state index is 12.5. The minimum atomic E-state index is -0.0150. The summed E-state index contributed by atoms with van der Waals surface area (Å²) in [5, 5.41) is 3.75. The van der Waals surface area contributed by atoms with Crippen LogP contribution in [0.15, 0.2) is 59.5 Å². The number of hydrogen-bond donors (Lipinski definition) is 1. The van der Waals surface area contributed by atoms with Crippen molar-refractivity contribution >= 4 is 40.6 Å². The van der Waals surface area contributed by atoms with Crippen molar-refractivity contribution in [3.8, 4) is 10.4 Å². The molecule has 1 aromatic heterocycles. The molecule has 0 atom stereocenters. The number of fused-ring (bicyclic) bond motifs is 3. The molecular formula is C19H14ClNOS2. The first kappa shape index (κ1) is 15.8. The number of nitrogens with one attached hydrogen (secondary N) is 1. The molecule has 4 rings (SSSR count). The van der Waals surface area contributed by atoms with E-state index < -0.39 is 0 Å². The molecule has 0 saturated heterocycles. The molecule has 0 bridgehead atoms. The average Bonchev–Trinajstić information content (AvgIpc) is 3.05. The largest absolute Gasteiger partial charge is 0.347 e. The molecule has 1 N–H and O–H groups in total.